The topological polar surface area (TPSA) is 102 Å². The first kappa shape index (κ1) is 25.3. The lowest BCUT2D eigenvalue weighted by molar-refractivity contribution is -0.352. The Morgan fingerprint density at radius 1 is 1.06 bits per heavy atom. The number of amides is 1. The number of rotatable bonds is 8. The van der Waals surface area contributed by atoms with Crippen LogP contribution in [0.4, 0.5) is 0 Å². The van der Waals surface area contributed by atoms with Crippen LogP contribution in [0.15, 0.2) is 60.7 Å². The van der Waals surface area contributed by atoms with Crippen molar-refractivity contribution in [3.8, 4) is 0 Å². The van der Waals surface area contributed by atoms with Crippen LogP contribution in [-0.4, -0.2) is 62.3 Å². The Hall–Kier alpha value is -2.82. The summed E-state index contributed by atoms with van der Waals surface area (Å²) in [6.45, 7) is 3.47. The van der Waals surface area contributed by atoms with Crippen LogP contribution in [0.5, 0.6) is 0 Å². The predicted molar refractivity (Wildman–Crippen MR) is 124 cm³/mol. The van der Waals surface area contributed by atoms with Gasteiger partial charge in [0.15, 0.2) is 18.7 Å². The van der Waals surface area contributed by atoms with Crippen LogP contribution in [-0.2, 0) is 44.6 Å². The van der Waals surface area contributed by atoms with E-state index >= 15 is 0 Å². The average molecular weight is 486 g/mol. The van der Waals surface area contributed by atoms with Crippen molar-refractivity contribution >= 4 is 11.9 Å². The van der Waals surface area contributed by atoms with Gasteiger partial charge in [-0.05, 0) is 12.5 Å². The monoisotopic (exact) mass is 485 g/mol. The second-order valence-corrected chi connectivity index (χ2v) is 8.51. The van der Waals surface area contributed by atoms with E-state index in [9.17, 15) is 9.59 Å². The van der Waals surface area contributed by atoms with Crippen LogP contribution in [0.2, 0.25) is 0 Å². The van der Waals surface area contributed by atoms with Gasteiger partial charge in [0.05, 0.1) is 20.3 Å². The number of fused-ring (bicyclic) bond motifs is 1. The standard InChI is InChI=1S/C26H31NO8/c1-16(24(29)30-3)33-23-21(27-17(2)28)26(31-14-18-10-6-4-7-11-18)34-20-15-32-25(35-22(20)23)19-12-8-5-9-13-19/h4-13,16,20-23,25-26H,14-15H2,1-3H3,(H,27,28)/t16?,20-,21-,22-,23-,25?,26+/m1/s1. The molecule has 2 heterocycles. The summed E-state index contributed by atoms with van der Waals surface area (Å²) < 4.78 is 35.6. The molecule has 0 radical (unpaired) electrons. The van der Waals surface area contributed by atoms with Crippen molar-refractivity contribution in [1.29, 1.82) is 0 Å². The van der Waals surface area contributed by atoms with Gasteiger partial charge in [-0.3, -0.25) is 4.79 Å². The summed E-state index contributed by atoms with van der Waals surface area (Å²) in [4.78, 5) is 24.4. The van der Waals surface area contributed by atoms with E-state index in [2.05, 4.69) is 5.32 Å². The predicted octanol–water partition coefficient (Wildman–Crippen LogP) is 2.49. The first-order valence-electron chi connectivity index (χ1n) is 11.6. The number of hydrogen-bond donors (Lipinski definition) is 1. The van der Waals surface area contributed by atoms with E-state index in [4.69, 9.17) is 28.4 Å². The highest BCUT2D eigenvalue weighted by molar-refractivity contribution is 5.74. The van der Waals surface area contributed by atoms with E-state index in [-0.39, 0.29) is 19.1 Å². The molecule has 2 unspecified atom stereocenters. The highest BCUT2D eigenvalue weighted by Gasteiger charge is 2.52. The Balaban J connectivity index is 1.60. The molecule has 2 aliphatic heterocycles. The molecule has 9 heteroatoms. The molecule has 2 aromatic rings. The van der Waals surface area contributed by atoms with Gasteiger partial charge in [-0.15, -0.1) is 0 Å². The minimum Gasteiger partial charge on any atom is -0.467 e. The molecule has 0 aromatic heterocycles. The zero-order valence-electron chi connectivity index (χ0n) is 20.0. The molecule has 0 spiro atoms. The van der Waals surface area contributed by atoms with Crippen LogP contribution < -0.4 is 5.32 Å². The number of carbonyl (C=O) groups excluding carboxylic acids is 2. The van der Waals surface area contributed by atoms with E-state index in [1.54, 1.807) is 6.92 Å². The van der Waals surface area contributed by atoms with Crippen LogP contribution in [0, 0.1) is 0 Å². The molecule has 1 N–H and O–H groups in total. The number of methoxy groups -OCH3 is 1. The number of benzene rings is 2. The lowest BCUT2D eigenvalue weighted by Crippen LogP contribution is -2.68. The number of nitrogens with one attached hydrogen (secondary N) is 1. The number of ether oxygens (including phenoxy) is 6. The molecular weight excluding hydrogens is 454 g/mol. The molecule has 1 amide bonds. The maximum atomic E-state index is 12.2. The Morgan fingerprint density at radius 2 is 1.74 bits per heavy atom. The molecule has 2 fully saturated rings. The lowest BCUT2D eigenvalue weighted by Gasteiger charge is -2.49. The Morgan fingerprint density at radius 3 is 2.40 bits per heavy atom. The fraction of sp³-hybridized carbons (Fsp3) is 0.462. The second kappa shape index (κ2) is 11.7. The summed E-state index contributed by atoms with van der Waals surface area (Å²) in [7, 11) is 1.29. The van der Waals surface area contributed by atoms with Crippen LogP contribution in [0.25, 0.3) is 0 Å². The summed E-state index contributed by atoms with van der Waals surface area (Å²) in [6.07, 6.45) is -4.39. The highest BCUT2D eigenvalue weighted by atomic mass is 16.8. The van der Waals surface area contributed by atoms with Gasteiger partial charge >= 0.3 is 5.97 Å². The van der Waals surface area contributed by atoms with Gasteiger partial charge in [0, 0.05) is 12.5 Å². The fourth-order valence-corrected chi connectivity index (χ4v) is 4.25. The minimum atomic E-state index is -0.906. The smallest absolute Gasteiger partial charge is 0.334 e. The van der Waals surface area contributed by atoms with Crippen molar-refractivity contribution < 1.29 is 38.0 Å². The Labute approximate surface area is 204 Å². The Kier molecular flexibility index (Phi) is 8.48. The van der Waals surface area contributed by atoms with Crippen molar-refractivity contribution in [1.82, 2.24) is 5.32 Å². The average Bonchev–Trinajstić information content (AvgIpc) is 2.89. The molecule has 35 heavy (non-hydrogen) atoms. The van der Waals surface area contributed by atoms with Gasteiger partial charge in [-0.25, -0.2) is 4.79 Å². The molecule has 0 bridgehead atoms. The van der Waals surface area contributed by atoms with Crippen molar-refractivity contribution in [2.45, 2.75) is 63.5 Å². The maximum absolute atomic E-state index is 12.2. The highest BCUT2D eigenvalue weighted by Crippen LogP contribution is 2.36. The fourth-order valence-electron chi connectivity index (χ4n) is 4.25. The van der Waals surface area contributed by atoms with Crippen molar-refractivity contribution in [2.75, 3.05) is 13.7 Å². The van der Waals surface area contributed by atoms with Gasteiger partial charge in [-0.1, -0.05) is 60.7 Å². The maximum Gasteiger partial charge on any atom is 0.334 e. The number of esters is 1. The van der Waals surface area contributed by atoms with E-state index < -0.39 is 49.0 Å². The van der Waals surface area contributed by atoms with Crippen LogP contribution in [0.1, 0.15) is 31.3 Å². The van der Waals surface area contributed by atoms with E-state index in [0.717, 1.165) is 11.1 Å². The van der Waals surface area contributed by atoms with Gasteiger partial charge in [0.1, 0.15) is 24.4 Å². The molecule has 188 valence electrons. The third-order valence-corrected chi connectivity index (χ3v) is 5.93. The molecule has 0 aliphatic carbocycles. The SMILES string of the molecule is COC(=O)C(C)O[C@@H]1[C@@H](NC(C)=O)[C@@H](OCc2ccccc2)O[C@@H]2COC(c3ccccc3)O[C@@H]12. The molecule has 4 rings (SSSR count). The van der Waals surface area contributed by atoms with Crippen molar-refractivity contribution in [3.63, 3.8) is 0 Å². The Bertz CT molecular complexity index is 972. The van der Waals surface area contributed by atoms with Gasteiger partial charge in [0.2, 0.25) is 5.91 Å². The summed E-state index contributed by atoms with van der Waals surface area (Å²) in [5, 5.41) is 2.88. The largest absolute Gasteiger partial charge is 0.467 e. The van der Waals surface area contributed by atoms with E-state index in [1.807, 2.05) is 60.7 Å². The van der Waals surface area contributed by atoms with Crippen LogP contribution in [0.3, 0.4) is 0 Å². The molecule has 2 saturated heterocycles. The lowest BCUT2D eigenvalue weighted by atomic mass is 9.95. The molecule has 0 saturated carbocycles. The van der Waals surface area contributed by atoms with E-state index in [0.29, 0.717) is 0 Å². The van der Waals surface area contributed by atoms with Gasteiger partial charge < -0.3 is 33.7 Å². The van der Waals surface area contributed by atoms with E-state index in [1.165, 1.54) is 14.0 Å². The zero-order chi connectivity index (χ0) is 24.8. The van der Waals surface area contributed by atoms with Gasteiger partial charge in [0.25, 0.3) is 0 Å². The third kappa shape index (κ3) is 6.25. The third-order valence-electron chi connectivity index (χ3n) is 5.93. The van der Waals surface area contributed by atoms with Gasteiger partial charge in [-0.2, -0.15) is 0 Å². The van der Waals surface area contributed by atoms with Crippen LogP contribution >= 0.6 is 0 Å². The minimum absolute atomic E-state index is 0.217. The molecular formula is C26H31NO8. The quantitative estimate of drug-likeness (QED) is 0.569. The summed E-state index contributed by atoms with van der Waals surface area (Å²) >= 11 is 0. The summed E-state index contributed by atoms with van der Waals surface area (Å²) in [5.41, 5.74) is 1.78. The molecule has 9 nitrogen and oxygen atoms in total. The number of carbonyl (C=O) groups is 2. The first-order valence-corrected chi connectivity index (χ1v) is 11.6. The van der Waals surface area contributed by atoms with Crippen molar-refractivity contribution in [3.05, 3.63) is 71.8 Å². The number of hydrogen-bond acceptors (Lipinski definition) is 8. The summed E-state index contributed by atoms with van der Waals surface area (Å²) in [6, 6.07) is 18.4. The zero-order valence-corrected chi connectivity index (χ0v) is 20.0. The first-order chi connectivity index (χ1) is 17.0. The summed E-state index contributed by atoms with van der Waals surface area (Å²) in [5.74, 6) is -0.834. The second-order valence-electron chi connectivity index (χ2n) is 8.51. The normalized spacial score (nSPS) is 29.0. The molecule has 2 aliphatic rings. The molecule has 2 aromatic carbocycles. The van der Waals surface area contributed by atoms with Crippen molar-refractivity contribution in [2.24, 2.45) is 0 Å². The molecule has 7 atom stereocenters.